The van der Waals surface area contributed by atoms with E-state index in [-0.39, 0.29) is 28.3 Å². The van der Waals surface area contributed by atoms with Gasteiger partial charge >= 0.3 is 12.1 Å². The molecule has 0 saturated heterocycles. The highest BCUT2D eigenvalue weighted by molar-refractivity contribution is 6.20. The first-order valence-corrected chi connectivity index (χ1v) is 8.15. The Labute approximate surface area is 163 Å². The molecule has 12 heteroatoms. The lowest BCUT2D eigenvalue weighted by Gasteiger charge is -2.19. The molecular formula is C17H13BF4N6O. The predicted molar refractivity (Wildman–Crippen MR) is 100 cm³/mol. The summed E-state index contributed by atoms with van der Waals surface area (Å²) in [6, 6.07) is 5.17. The van der Waals surface area contributed by atoms with Gasteiger partial charge in [0.2, 0.25) is 7.98 Å². The lowest BCUT2D eigenvalue weighted by molar-refractivity contribution is -0.167. The van der Waals surface area contributed by atoms with E-state index in [0.29, 0.717) is 11.0 Å². The van der Waals surface area contributed by atoms with E-state index < -0.39 is 17.9 Å². The van der Waals surface area contributed by atoms with Gasteiger partial charge in [-0.05, 0) is 24.7 Å². The maximum absolute atomic E-state index is 13.8. The number of rotatable bonds is 3. The number of carbonyl (C=O) groups excluding carboxylic acids is 1. The van der Waals surface area contributed by atoms with Crippen LogP contribution in [0.1, 0.15) is 5.56 Å². The first-order valence-electron chi connectivity index (χ1n) is 8.15. The van der Waals surface area contributed by atoms with Crippen LogP contribution < -0.4 is 10.1 Å². The topological polar surface area (TPSA) is 86.8 Å². The number of alkyl halides is 3. The van der Waals surface area contributed by atoms with Crippen molar-refractivity contribution in [1.29, 1.82) is 5.26 Å². The number of hydrogen-bond donors (Lipinski definition) is 1. The number of amides is 1. The highest BCUT2D eigenvalue weighted by Gasteiger charge is 2.39. The minimum absolute atomic E-state index is 0.0831. The van der Waals surface area contributed by atoms with E-state index in [1.54, 1.807) is 33.5 Å². The maximum atomic E-state index is 13.8. The summed E-state index contributed by atoms with van der Waals surface area (Å²) in [6.07, 6.45) is -3.70. The number of imidazole rings is 1. The second kappa shape index (κ2) is 7.08. The third-order valence-corrected chi connectivity index (χ3v) is 4.13. The maximum Gasteiger partial charge on any atom is 0.471 e. The summed E-state index contributed by atoms with van der Waals surface area (Å²) >= 11 is 0. The Hall–Kier alpha value is -3.62. The number of nitrogens with one attached hydrogen (secondary N) is 1. The van der Waals surface area contributed by atoms with Crippen LogP contribution in [0.5, 0.6) is 0 Å². The summed E-state index contributed by atoms with van der Waals surface area (Å²) in [5.74, 6) is -3.15. The van der Waals surface area contributed by atoms with Gasteiger partial charge in [0.1, 0.15) is 29.0 Å². The zero-order chi connectivity index (χ0) is 21.5. The van der Waals surface area contributed by atoms with Crippen LogP contribution >= 0.6 is 0 Å². The van der Waals surface area contributed by atoms with Gasteiger partial charge in [-0.3, -0.25) is 4.79 Å². The summed E-state index contributed by atoms with van der Waals surface area (Å²) in [7, 11) is 4.86. The normalized spacial score (nSPS) is 11.3. The van der Waals surface area contributed by atoms with Crippen LogP contribution in [0.15, 0.2) is 24.5 Å². The van der Waals surface area contributed by atoms with E-state index in [4.69, 9.17) is 5.26 Å². The summed E-state index contributed by atoms with van der Waals surface area (Å²) in [4.78, 5) is 21.5. The Bertz CT molecular complexity index is 1170. The van der Waals surface area contributed by atoms with E-state index in [0.717, 1.165) is 6.07 Å². The number of nitrogens with zero attached hydrogens (tertiary/aromatic N) is 5. The lowest BCUT2D eigenvalue weighted by Crippen LogP contribution is -2.31. The van der Waals surface area contributed by atoms with Gasteiger partial charge in [-0.15, -0.1) is 0 Å². The van der Waals surface area contributed by atoms with E-state index in [2.05, 4.69) is 9.97 Å². The molecule has 0 saturated carbocycles. The smallest absolute Gasteiger partial charge is 0.408 e. The van der Waals surface area contributed by atoms with Gasteiger partial charge in [0, 0.05) is 7.05 Å². The summed E-state index contributed by atoms with van der Waals surface area (Å²) in [6.45, 7) is 0. The number of benzene rings is 1. The van der Waals surface area contributed by atoms with Crippen molar-refractivity contribution in [2.75, 3.05) is 17.2 Å². The van der Waals surface area contributed by atoms with Crippen molar-refractivity contribution in [2.45, 2.75) is 6.18 Å². The van der Waals surface area contributed by atoms with Gasteiger partial charge in [-0.1, -0.05) is 6.07 Å². The highest BCUT2D eigenvalue weighted by Crippen LogP contribution is 2.38. The standard InChI is InChI=1S/C17H13BF4N6O/c1-27-7-24-12-13(27)11(8-3-4-10(19)9(5-8)6-23)14(25-15(12)28(2)18)26-16(29)17(20,21)22/h3-5,7H,18H2,1-2H3,(H,25,26,29). The van der Waals surface area contributed by atoms with Gasteiger partial charge < -0.3 is 14.7 Å². The Morgan fingerprint density at radius 3 is 2.66 bits per heavy atom. The second-order valence-electron chi connectivity index (χ2n) is 6.36. The fourth-order valence-electron chi connectivity index (χ4n) is 2.84. The third kappa shape index (κ3) is 3.58. The molecule has 2 aromatic heterocycles. The van der Waals surface area contributed by atoms with E-state index in [1.165, 1.54) is 27.8 Å². The zero-order valence-corrected chi connectivity index (χ0v) is 15.5. The number of pyridine rings is 1. The van der Waals surface area contributed by atoms with E-state index in [9.17, 15) is 22.4 Å². The number of anilines is 2. The number of carbonyl (C=O) groups is 1. The van der Waals surface area contributed by atoms with Crippen molar-refractivity contribution in [3.8, 4) is 17.2 Å². The first kappa shape index (κ1) is 20.1. The molecule has 3 rings (SSSR count). The Kier molecular flexibility index (Phi) is 4.92. The molecule has 3 aromatic rings. The molecule has 0 spiro atoms. The molecule has 1 aromatic carbocycles. The van der Waals surface area contributed by atoms with Gasteiger partial charge in [-0.2, -0.15) is 18.4 Å². The SMILES string of the molecule is BN(C)c1nc(NC(=O)C(F)(F)F)c(-c2ccc(F)c(C#N)c2)c2c1ncn2C. The molecule has 2 heterocycles. The van der Waals surface area contributed by atoms with Crippen molar-refractivity contribution in [1.82, 2.24) is 14.5 Å². The van der Waals surface area contributed by atoms with Crippen molar-refractivity contribution in [3.05, 3.63) is 35.9 Å². The van der Waals surface area contributed by atoms with Gasteiger partial charge in [0.15, 0.2) is 0 Å². The van der Waals surface area contributed by atoms with Crippen LogP contribution in [0, 0.1) is 17.1 Å². The summed E-state index contributed by atoms with van der Waals surface area (Å²) < 4.78 is 53.9. The molecule has 148 valence electrons. The van der Waals surface area contributed by atoms with Crippen LogP contribution in [0.4, 0.5) is 29.2 Å². The molecule has 7 nitrogen and oxygen atoms in total. The molecular weight excluding hydrogens is 391 g/mol. The number of aryl methyl sites for hydroxylation is 1. The molecule has 0 aliphatic carbocycles. The van der Waals surface area contributed by atoms with Crippen LogP contribution in [-0.2, 0) is 11.8 Å². The second-order valence-corrected chi connectivity index (χ2v) is 6.36. The lowest BCUT2D eigenvalue weighted by atomic mass is 10.0. The molecule has 0 fully saturated rings. The van der Waals surface area contributed by atoms with Crippen LogP contribution in [0.2, 0.25) is 0 Å². The number of aromatic nitrogens is 3. The monoisotopic (exact) mass is 404 g/mol. The van der Waals surface area contributed by atoms with Crippen LogP contribution in [-0.4, -0.2) is 41.6 Å². The first-order chi connectivity index (χ1) is 13.5. The van der Waals surface area contributed by atoms with Crippen LogP contribution in [0.3, 0.4) is 0 Å². The van der Waals surface area contributed by atoms with Crippen molar-refractivity contribution >= 4 is 36.6 Å². The molecule has 1 N–H and O–H groups in total. The highest BCUT2D eigenvalue weighted by atomic mass is 19.4. The van der Waals surface area contributed by atoms with Gasteiger partial charge in [-0.25, -0.2) is 14.4 Å². The molecule has 0 aliphatic heterocycles. The number of nitriles is 1. The average Bonchev–Trinajstić information content (AvgIpc) is 3.02. The molecule has 29 heavy (non-hydrogen) atoms. The molecule has 0 unspecified atom stereocenters. The van der Waals surface area contributed by atoms with E-state index in [1.807, 2.05) is 0 Å². The quantitative estimate of drug-likeness (QED) is 0.534. The van der Waals surface area contributed by atoms with Crippen molar-refractivity contribution in [2.24, 2.45) is 7.05 Å². The van der Waals surface area contributed by atoms with Gasteiger partial charge in [0.25, 0.3) is 0 Å². The van der Waals surface area contributed by atoms with Gasteiger partial charge in [0.05, 0.1) is 23.0 Å². The molecule has 0 aliphatic rings. The molecule has 0 radical (unpaired) electrons. The minimum atomic E-state index is -5.14. The summed E-state index contributed by atoms with van der Waals surface area (Å²) in [5.41, 5.74) is 0.700. The summed E-state index contributed by atoms with van der Waals surface area (Å²) in [5, 5.41) is 10.9. The Morgan fingerprint density at radius 1 is 1.38 bits per heavy atom. The molecule has 0 bridgehead atoms. The Morgan fingerprint density at radius 2 is 2.07 bits per heavy atom. The molecule has 0 atom stereocenters. The zero-order valence-electron chi connectivity index (χ0n) is 15.5. The number of halogens is 4. The number of fused-ring (bicyclic) bond motifs is 1. The van der Waals surface area contributed by atoms with E-state index >= 15 is 0 Å². The largest absolute Gasteiger partial charge is 0.471 e. The fourth-order valence-corrected chi connectivity index (χ4v) is 2.84. The Balaban J connectivity index is 2.38. The average molecular weight is 404 g/mol. The fraction of sp³-hybridized carbons (Fsp3) is 0.176. The number of hydrogen-bond acceptors (Lipinski definition) is 5. The minimum Gasteiger partial charge on any atom is -0.408 e. The molecule has 1 amide bonds. The predicted octanol–water partition coefficient (Wildman–Crippen LogP) is 2.13. The van der Waals surface area contributed by atoms with Crippen LogP contribution in [0.25, 0.3) is 22.2 Å². The third-order valence-electron chi connectivity index (χ3n) is 4.13. The van der Waals surface area contributed by atoms with Crippen molar-refractivity contribution < 1.29 is 22.4 Å². The van der Waals surface area contributed by atoms with Crippen molar-refractivity contribution in [3.63, 3.8) is 0 Å².